The van der Waals surface area contributed by atoms with Crippen molar-refractivity contribution < 1.29 is 23.9 Å². The maximum atomic E-state index is 12.4. The van der Waals surface area contributed by atoms with Gasteiger partial charge in [-0.3, -0.25) is 14.4 Å². The summed E-state index contributed by atoms with van der Waals surface area (Å²) < 4.78 is 10.4. The topological polar surface area (TPSA) is 81.7 Å². The van der Waals surface area contributed by atoms with E-state index in [-0.39, 0.29) is 18.6 Å². The lowest BCUT2D eigenvalue weighted by atomic mass is 10.1. The van der Waals surface area contributed by atoms with Crippen LogP contribution >= 0.6 is 22.9 Å². The first-order chi connectivity index (χ1) is 13.6. The number of methoxy groups -OCH3 is 1. The van der Waals surface area contributed by atoms with Crippen molar-refractivity contribution in [3.8, 4) is 5.75 Å². The maximum Gasteiger partial charge on any atom is 0.307 e. The molecule has 2 aromatic rings. The fraction of sp³-hybridized carbons (Fsp3) is 0.381. The number of aryl methyl sites for hydroxylation is 3. The summed E-state index contributed by atoms with van der Waals surface area (Å²) in [4.78, 5) is 38.7. The van der Waals surface area contributed by atoms with Crippen molar-refractivity contribution in [3.63, 3.8) is 0 Å². The van der Waals surface area contributed by atoms with E-state index in [2.05, 4.69) is 5.32 Å². The zero-order valence-corrected chi connectivity index (χ0v) is 18.6. The second-order valence-corrected chi connectivity index (χ2v) is 8.54. The molecule has 0 bridgehead atoms. The van der Waals surface area contributed by atoms with Crippen LogP contribution in [0.4, 0.5) is 5.69 Å². The minimum Gasteiger partial charge on any atom is -0.495 e. The van der Waals surface area contributed by atoms with Gasteiger partial charge in [-0.25, -0.2) is 0 Å². The molecule has 2 rings (SSSR count). The highest BCUT2D eigenvalue weighted by molar-refractivity contribution is 7.12. The van der Waals surface area contributed by atoms with Gasteiger partial charge in [0.2, 0.25) is 0 Å². The van der Waals surface area contributed by atoms with Crippen LogP contribution in [0.15, 0.2) is 18.2 Å². The van der Waals surface area contributed by atoms with Crippen LogP contribution in [0.3, 0.4) is 0 Å². The van der Waals surface area contributed by atoms with Crippen LogP contribution in [0.1, 0.15) is 45.4 Å². The highest BCUT2D eigenvalue weighted by Crippen LogP contribution is 2.31. The third-order valence-corrected chi connectivity index (χ3v) is 5.69. The van der Waals surface area contributed by atoms with Crippen LogP contribution in [-0.4, -0.2) is 30.9 Å². The monoisotopic (exact) mass is 437 g/mol. The van der Waals surface area contributed by atoms with E-state index in [1.165, 1.54) is 14.0 Å². The number of ether oxygens (including phenoxy) is 2. The SMILES string of the molecule is COc1cc(Cl)c(C)cc1NC(=O)C(C)OC(=O)CCC(=O)c1cc(C)sc1C. The number of benzene rings is 1. The van der Waals surface area contributed by atoms with Crippen LogP contribution in [0.5, 0.6) is 5.75 Å². The molecule has 29 heavy (non-hydrogen) atoms. The second kappa shape index (κ2) is 9.89. The predicted octanol–water partition coefficient (Wildman–Crippen LogP) is 4.87. The Balaban J connectivity index is 1.90. The van der Waals surface area contributed by atoms with Crippen molar-refractivity contribution in [2.24, 2.45) is 0 Å². The van der Waals surface area contributed by atoms with E-state index in [4.69, 9.17) is 21.1 Å². The summed E-state index contributed by atoms with van der Waals surface area (Å²) in [5.41, 5.74) is 1.84. The van der Waals surface area contributed by atoms with Crippen molar-refractivity contribution in [1.82, 2.24) is 0 Å². The summed E-state index contributed by atoms with van der Waals surface area (Å²) in [7, 11) is 1.47. The molecule has 0 spiro atoms. The van der Waals surface area contributed by atoms with Crippen molar-refractivity contribution in [3.05, 3.63) is 44.1 Å². The van der Waals surface area contributed by atoms with Crippen LogP contribution in [0, 0.1) is 20.8 Å². The largest absolute Gasteiger partial charge is 0.495 e. The molecule has 0 aliphatic rings. The number of carbonyl (C=O) groups excluding carboxylic acids is 3. The minimum atomic E-state index is -1.02. The molecule has 0 saturated carbocycles. The summed E-state index contributed by atoms with van der Waals surface area (Å²) in [5.74, 6) is -0.819. The number of anilines is 1. The number of esters is 1. The Bertz CT molecular complexity index is 937. The summed E-state index contributed by atoms with van der Waals surface area (Å²) >= 11 is 7.60. The second-order valence-electron chi connectivity index (χ2n) is 6.67. The molecular formula is C21H24ClNO5S. The molecule has 1 aromatic heterocycles. The van der Waals surface area contributed by atoms with Gasteiger partial charge in [-0.2, -0.15) is 0 Å². The highest BCUT2D eigenvalue weighted by atomic mass is 35.5. The van der Waals surface area contributed by atoms with Crippen LogP contribution in [-0.2, 0) is 14.3 Å². The minimum absolute atomic E-state index is 0.0361. The van der Waals surface area contributed by atoms with Gasteiger partial charge in [0.1, 0.15) is 5.75 Å². The molecule has 0 aliphatic carbocycles. The van der Waals surface area contributed by atoms with E-state index in [0.29, 0.717) is 22.0 Å². The van der Waals surface area contributed by atoms with Crippen molar-refractivity contribution in [2.75, 3.05) is 12.4 Å². The number of hydrogen-bond acceptors (Lipinski definition) is 6. The number of halogens is 1. The standard InChI is InChI=1S/C21H24ClNO5S/c1-11-8-17(19(27-5)10-16(11)22)23-21(26)13(3)28-20(25)7-6-18(24)15-9-12(2)29-14(15)4/h8-10,13H,6-7H2,1-5H3,(H,23,26). The first kappa shape index (κ1) is 22.9. The van der Waals surface area contributed by atoms with E-state index in [0.717, 1.165) is 15.3 Å². The highest BCUT2D eigenvalue weighted by Gasteiger charge is 2.21. The summed E-state index contributed by atoms with van der Waals surface area (Å²) in [6, 6.07) is 5.10. The number of thiophene rings is 1. The Labute approximate surface area is 179 Å². The van der Waals surface area contributed by atoms with Gasteiger partial charge in [0.25, 0.3) is 5.91 Å². The van der Waals surface area contributed by atoms with E-state index in [1.807, 2.05) is 19.9 Å². The van der Waals surface area contributed by atoms with E-state index in [9.17, 15) is 14.4 Å². The molecule has 1 unspecified atom stereocenters. The Morgan fingerprint density at radius 2 is 1.83 bits per heavy atom. The van der Waals surface area contributed by atoms with Gasteiger partial charge >= 0.3 is 5.97 Å². The average molecular weight is 438 g/mol. The Morgan fingerprint density at radius 3 is 2.41 bits per heavy atom. The van der Waals surface area contributed by atoms with E-state index >= 15 is 0 Å². The van der Waals surface area contributed by atoms with Gasteiger partial charge in [-0.05, 0) is 45.4 Å². The molecule has 156 valence electrons. The van der Waals surface area contributed by atoms with Gasteiger partial charge in [0.15, 0.2) is 11.9 Å². The first-order valence-electron chi connectivity index (χ1n) is 9.07. The quantitative estimate of drug-likeness (QED) is 0.470. The first-order valence-corrected chi connectivity index (χ1v) is 10.3. The summed E-state index contributed by atoms with van der Waals surface area (Å²) in [6.45, 7) is 7.08. The van der Waals surface area contributed by atoms with Gasteiger partial charge in [-0.1, -0.05) is 11.6 Å². The van der Waals surface area contributed by atoms with Crippen molar-refractivity contribution in [2.45, 2.75) is 46.6 Å². The van der Waals surface area contributed by atoms with Gasteiger partial charge in [0, 0.05) is 32.8 Å². The van der Waals surface area contributed by atoms with Crippen LogP contribution in [0.25, 0.3) is 0 Å². The molecule has 6 nitrogen and oxygen atoms in total. The Morgan fingerprint density at radius 1 is 1.14 bits per heavy atom. The molecule has 8 heteroatoms. The third kappa shape index (κ3) is 6.05. The number of ketones is 1. The molecule has 1 atom stereocenters. The third-order valence-electron chi connectivity index (χ3n) is 4.31. The molecule has 1 N–H and O–H groups in total. The number of Topliss-reactive ketones (excluding diaryl/α,β-unsaturated/α-hetero) is 1. The number of rotatable bonds is 8. The summed E-state index contributed by atoms with van der Waals surface area (Å²) in [5, 5.41) is 3.18. The van der Waals surface area contributed by atoms with Gasteiger partial charge in [0.05, 0.1) is 19.2 Å². The number of amides is 1. The molecule has 1 amide bonds. The zero-order valence-electron chi connectivity index (χ0n) is 17.1. The van der Waals surface area contributed by atoms with Crippen LogP contribution in [0.2, 0.25) is 5.02 Å². The number of hydrogen-bond donors (Lipinski definition) is 1. The molecule has 0 radical (unpaired) electrons. The van der Waals surface area contributed by atoms with Gasteiger partial charge in [-0.15, -0.1) is 11.3 Å². The normalized spacial score (nSPS) is 11.7. The molecule has 0 aliphatic heterocycles. The van der Waals surface area contributed by atoms with E-state index in [1.54, 1.807) is 30.4 Å². The zero-order chi connectivity index (χ0) is 21.7. The molecule has 0 fully saturated rings. The molecular weight excluding hydrogens is 414 g/mol. The lowest BCUT2D eigenvalue weighted by Gasteiger charge is -2.16. The fourth-order valence-corrected chi connectivity index (χ4v) is 3.83. The lowest BCUT2D eigenvalue weighted by molar-refractivity contribution is -0.153. The maximum absolute atomic E-state index is 12.4. The van der Waals surface area contributed by atoms with Crippen LogP contribution < -0.4 is 10.1 Å². The molecule has 1 aromatic carbocycles. The predicted molar refractivity (Wildman–Crippen MR) is 114 cm³/mol. The Hall–Kier alpha value is -2.38. The van der Waals surface area contributed by atoms with Crippen molar-refractivity contribution in [1.29, 1.82) is 0 Å². The molecule has 1 heterocycles. The lowest BCUT2D eigenvalue weighted by Crippen LogP contribution is -2.30. The van der Waals surface area contributed by atoms with E-state index < -0.39 is 18.0 Å². The van der Waals surface area contributed by atoms with Gasteiger partial charge < -0.3 is 14.8 Å². The Kier molecular flexibility index (Phi) is 7.81. The average Bonchev–Trinajstić information content (AvgIpc) is 3.00. The smallest absolute Gasteiger partial charge is 0.307 e. The summed E-state index contributed by atoms with van der Waals surface area (Å²) in [6.07, 6.45) is -1.08. The number of carbonyl (C=O) groups is 3. The van der Waals surface area contributed by atoms with Crippen molar-refractivity contribution >= 4 is 46.3 Å². The fourth-order valence-electron chi connectivity index (χ4n) is 2.73. The molecule has 0 saturated heterocycles. The number of nitrogens with one attached hydrogen (secondary N) is 1.